The van der Waals surface area contributed by atoms with E-state index in [-0.39, 0.29) is 28.4 Å². The number of hydrogen-bond acceptors (Lipinski definition) is 7. The maximum absolute atomic E-state index is 13.1. The summed E-state index contributed by atoms with van der Waals surface area (Å²) in [5.41, 5.74) is -0.679. The summed E-state index contributed by atoms with van der Waals surface area (Å²) in [5, 5.41) is 13.4. The second-order valence-electron chi connectivity index (χ2n) is 10.7. The van der Waals surface area contributed by atoms with Crippen molar-refractivity contribution in [3.8, 4) is 10.4 Å². The molecular formula is C26H32F3N3O5S2. The third-order valence-corrected chi connectivity index (χ3v) is 8.18. The van der Waals surface area contributed by atoms with Crippen molar-refractivity contribution in [3.63, 3.8) is 0 Å². The van der Waals surface area contributed by atoms with E-state index < -0.39 is 39.4 Å². The van der Waals surface area contributed by atoms with Crippen LogP contribution in [0.2, 0.25) is 0 Å². The van der Waals surface area contributed by atoms with Gasteiger partial charge in [-0.2, -0.15) is 17.9 Å². The number of benzene rings is 2. The zero-order chi connectivity index (χ0) is 29.4. The third kappa shape index (κ3) is 7.98. The van der Waals surface area contributed by atoms with Crippen molar-refractivity contribution in [1.29, 1.82) is 0 Å². The first kappa shape index (κ1) is 31.0. The molecule has 1 amide bonds. The molecule has 0 spiro atoms. The predicted molar refractivity (Wildman–Crippen MR) is 144 cm³/mol. The van der Waals surface area contributed by atoms with Gasteiger partial charge < -0.3 is 15.2 Å². The number of fused-ring (bicyclic) bond motifs is 1. The van der Waals surface area contributed by atoms with Gasteiger partial charge in [-0.3, -0.25) is 4.79 Å². The largest absolute Gasteiger partial charge is 0.404 e. The Morgan fingerprint density at radius 1 is 1.08 bits per heavy atom. The highest BCUT2D eigenvalue weighted by Gasteiger charge is 2.39. The van der Waals surface area contributed by atoms with Crippen LogP contribution in [0.4, 0.5) is 13.2 Å². The Labute approximate surface area is 229 Å². The molecule has 0 bridgehead atoms. The van der Waals surface area contributed by atoms with Crippen LogP contribution in [-0.4, -0.2) is 54.4 Å². The molecular weight excluding hydrogens is 555 g/mol. The van der Waals surface area contributed by atoms with E-state index in [0.29, 0.717) is 21.5 Å². The van der Waals surface area contributed by atoms with Crippen LogP contribution >= 0.6 is 11.3 Å². The maximum atomic E-state index is 13.1. The highest BCUT2D eigenvalue weighted by molar-refractivity contribution is 7.89. The molecule has 0 aliphatic carbocycles. The van der Waals surface area contributed by atoms with Crippen LogP contribution in [0.15, 0.2) is 41.3 Å². The number of carbonyl (C=O) groups is 1. The molecule has 1 heterocycles. The zero-order valence-electron chi connectivity index (χ0n) is 22.4. The number of hydrogen-bond donors (Lipinski definition) is 3. The van der Waals surface area contributed by atoms with Crippen LogP contribution in [-0.2, 0) is 21.4 Å². The molecule has 214 valence electrons. The van der Waals surface area contributed by atoms with Gasteiger partial charge in [0.1, 0.15) is 6.04 Å². The molecule has 13 heteroatoms. The summed E-state index contributed by atoms with van der Waals surface area (Å²) in [7, 11) is -4.53. The van der Waals surface area contributed by atoms with Crippen LogP contribution in [0.5, 0.6) is 0 Å². The number of sulfonamides is 1. The van der Waals surface area contributed by atoms with Crippen molar-refractivity contribution < 1.29 is 36.2 Å². The molecule has 1 atom stereocenters. The second kappa shape index (κ2) is 11.1. The monoisotopic (exact) mass is 587 g/mol. The van der Waals surface area contributed by atoms with Crippen LogP contribution in [0.1, 0.15) is 57.0 Å². The number of ether oxygens (including phenoxy) is 1. The fourth-order valence-electron chi connectivity index (χ4n) is 3.48. The van der Waals surface area contributed by atoms with Crippen molar-refractivity contribution in [3.05, 3.63) is 47.1 Å². The lowest BCUT2D eigenvalue weighted by molar-refractivity contribution is -0.147. The molecule has 3 N–H and O–H groups in total. The quantitative estimate of drug-likeness (QED) is 0.324. The van der Waals surface area contributed by atoms with Gasteiger partial charge in [0, 0.05) is 17.5 Å². The van der Waals surface area contributed by atoms with E-state index >= 15 is 0 Å². The number of aromatic nitrogens is 1. The van der Waals surface area contributed by atoms with Crippen LogP contribution < -0.4 is 10.0 Å². The molecule has 2 aromatic carbocycles. The summed E-state index contributed by atoms with van der Waals surface area (Å²) >= 11 is 1.07. The molecule has 3 aromatic rings. The van der Waals surface area contributed by atoms with Crippen molar-refractivity contribution in [2.75, 3.05) is 6.54 Å². The summed E-state index contributed by atoms with van der Waals surface area (Å²) in [6.07, 6.45) is -4.75. The zero-order valence-corrected chi connectivity index (χ0v) is 24.1. The number of nitrogens with one attached hydrogen (secondary N) is 2. The number of thiazole rings is 1. The van der Waals surface area contributed by atoms with Crippen molar-refractivity contribution in [2.24, 2.45) is 0 Å². The fourth-order valence-corrected chi connectivity index (χ4v) is 5.95. The standard InChI is InChI=1S/C26H32F3N3O5S2/c1-15(26(27,28)29)32-39(35,36)20-12-11-18(16-9-7-8-10-17(16)20)21-19(13-37-24(2,3)4)31-23(38-21)22(33)30-14-25(5,6)34/h7-12,15,32,34H,13-14H2,1-6H3,(H,30,33). The van der Waals surface area contributed by atoms with E-state index in [4.69, 9.17) is 4.74 Å². The molecule has 0 radical (unpaired) electrons. The summed E-state index contributed by atoms with van der Waals surface area (Å²) < 4.78 is 72.8. The molecule has 0 aliphatic heterocycles. The van der Waals surface area contributed by atoms with Gasteiger partial charge in [-0.25, -0.2) is 13.4 Å². The molecule has 0 fully saturated rings. The number of halogens is 3. The first-order valence-corrected chi connectivity index (χ1v) is 14.3. The fraction of sp³-hybridized carbons (Fsp3) is 0.462. The summed E-state index contributed by atoms with van der Waals surface area (Å²) in [6, 6.07) is 6.87. The van der Waals surface area contributed by atoms with Crippen LogP contribution in [0.3, 0.4) is 0 Å². The molecule has 1 unspecified atom stereocenters. The number of rotatable bonds is 9. The normalized spacial score (nSPS) is 14.0. The van der Waals surface area contributed by atoms with Crippen molar-refractivity contribution in [2.45, 2.75) is 76.5 Å². The third-order valence-electron chi connectivity index (χ3n) is 5.46. The minimum absolute atomic E-state index is 0.00654. The molecule has 0 saturated heterocycles. The van der Waals surface area contributed by atoms with Gasteiger partial charge in [-0.1, -0.05) is 30.3 Å². The first-order valence-electron chi connectivity index (χ1n) is 12.0. The average Bonchev–Trinajstić information content (AvgIpc) is 3.23. The second-order valence-corrected chi connectivity index (χ2v) is 13.4. The molecule has 3 rings (SSSR count). The van der Waals surface area contributed by atoms with Gasteiger partial charge in [0.15, 0.2) is 5.01 Å². The summed E-state index contributed by atoms with van der Waals surface area (Å²) in [6.45, 7) is 9.46. The smallest absolute Gasteiger partial charge is 0.389 e. The Morgan fingerprint density at radius 2 is 1.69 bits per heavy atom. The van der Waals surface area contributed by atoms with Gasteiger partial charge in [0.25, 0.3) is 5.91 Å². The van der Waals surface area contributed by atoms with Crippen LogP contribution in [0, 0.1) is 0 Å². The predicted octanol–water partition coefficient (Wildman–Crippen LogP) is 5.01. The van der Waals surface area contributed by atoms with Crippen molar-refractivity contribution >= 4 is 38.0 Å². The van der Waals surface area contributed by atoms with E-state index in [1.54, 1.807) is 36.8 Å². The lowest BCUT2D eigenvalue weighted by atomic mass is 10.0. The van der Waals surface area contributed by atoms with E-state index in [1.807, 2.05) is 20.8 Å². The summed E-state index contributed by atoms with van der Waals surface area (Å²) in [5.74, 6) is -0.501. The summed E-state index contributed by atoms with van der Waals surface area (Å²) in [4.78, 5) is 17.5. The highest BCUT2D eigenvalue weighted by atomic mass is 32.2. The molecule has 8 nitrogen and oxygen atoms in total. The Hall–Kier alpha value is -2.58. The Kier molecular flexibility index (Phi) is 8.83. The molecule has 1 aromatic heterocycles. The van der Waals surface area contributed by atoms with E-state index in [2.05, 4.69) is 10.3 Å². The van der Waals surface area contributed by atoms with E-state index in [0.717, 1.165) is 18.3 Å². The lowest BCUT2D eigenvalue weighted by Crippen LogP contribution is -2.43. The average molecular weight is 588 g/mol. The molecule has 0 aliphatic rings. The number of nitrogens with zero attached hydrogens (tertiary/aromatic N) is 1. The highest BCUT2D eigenvalue weighted by Crippen LogP contribution is 2.38. The maximum Gasteiger partial charge on any atom is 0.404 e. The number of alkyl halides is 3. The SMILES string of the molecule is CC(NS(=O)(=O)c1ccc(-c2sc(C(=O)NCC(C)(C)O)nc2COC(C)(C)C)c2ccccc12)C(F)(F)F. The van der Waals surface area contributed by atoms with Gasteiger partial charge in [0.05, 0.1) is 33.3 Å². The van der Waals surface area contributed by atoms with Gasteiger partial charge in [-0.05, 0) is 53.0 Å². The Bertz CT molecular complexity index is 1460. The Morgan fingerprint density at radius 3 is 2.26 bits per heavy atom. The number of aliphatic hydroxyl groups is 1. The molecule has 39 heavy (non-hydrogen) atoms. The minimum Gasteiger partial charge on any atom is -0.389 e. The van der Waals surface area contributed by atoms with Gasteiger partial charge in [0.2, 0.25) is 10.0 Å². The van der Waals surface area contributed by atoms with Gasteiger partial charge in [-0.15, -0.1) is 11.3 Å². The Balaban J connectivity index is 2.13. The number of amides is 1. The first-order chi connectivity index (χ1) is 17.8. The lowest BCUT2D eigenvalue weighted by Gasteiger charge is -2.20. The van der Waals surface area contributed by atoms with Crippen LogP contribution in [0.25, 0.3) is 21.2 Å². The number of carbonyl (C=O) groups excluding carboxylic acids is 1. The molecule has 0 saturated carbocycles. The van der Waals surface area contributed by atoms with Gasteiger partial charge >= 0.3 is 6.18 Å². The topological polar surface area (TPSA) is 118 Å². The minimum atomic E-state index is -4.75. The van der Waals surface area contributed by atoms with E-state index in [1.165, 1.54) is 18.2 Å². The van der Waals surface area contributed by atoms with E-state index in [9.17, 15) is 31.5 Å². The van der Waals surface area contributed by atoms with Crippen molar-refractivity contribution in [1.82, 2.24) is 15.0 Å².